The molecule has 1 aromatic rings. The van der Waals surface area contributed by atoms with Crippen LogP contribution in [0, 0.1) is 13.8 Å². The molecule has 0 aliphatic heterocycles. The van der Waals surface area contributed by atoms with E-state index >= 15 is 0 Å². The maximum atomic E-state index is 9.78. The van der Waals surface area contributed by atoms with Crippen LogP contribution in [0.3, 0.4) is 0 Å². The number of unbranched alkanes of at least 4 members (excludes halogenated alkanes) is 1. The summed E-state index contributed by atoms with van der Waals surface area (Å²) < 4.78 is 0. The smallest absolute Gasteiger partial charge is 0.191 e. The summed E-state index contributed by atoms with van der Waals surface area (Å²) in [5.74, 6) is 1.23. The van der Waals surface area contributed by atoms with Gasteiger partial charge in [0.05, 0.1) is 6.54 Å². The molecule has 0 unspecified atom stereocenters. The van der Waals surface area contributed by atoms with Crippen molar-refractivity contribution in [3.05, 3.63) is 28.8 Å². The molecule has 0 saturated heterocycles. The normalized spacial score (nSPS) is 11.5. The minimum Gasteiger partial charge on any atom is -0.507 e. The Hall–Kier alpha value is -1.71. The molecule has 0 heterocycles. The number of aryl methyl sites for hydroxylation is 2. The van der Waals surface area contributed by atoms with Gasteiger partial charge in [-0.05, 0) is 43.9 Å². The third kappa shape index (κ3) is 5.11. The van der Waals surface area contributed by atoms with Crippen molar-refractivity contribution in [3.8, 4) is 5.75 Å². The number of phenolic OH excluding ortho intramolecular Hbond substituents is 1. The second-order valence-electron chi connectivity index (χ2n) is 5.05. The van der Waals surface area contributed by atoms with E-state index in [1.807, 2.05) is 26.0 Å². The summed E-state index contributed by atoms with van der Waals surface area (Å²) in [6, 6.07) is 3.98. The summed E-state index contributed by atoms with van der Waals surface area (Å²) in [5, 5.41) is 16.3. The number of benzene rings is 1. The number of aromatic hydroxyl groups is 1. The number of phenols is 1. The first kappa shape index (κ1) is 16.3. The fourth-order valence-electron chi connectivity index (χ4n) is 2.03. The zero-order valence-electron chi connectivity index (χ0n) is 13.1. The van der Waals surface area contributed by atoms with Crippen molar-refractivity contribution in [1.29, 1.82) is 0 Å². The summed E-state index contributed by atoms with van der Waals surface area (Å²) in [5.41, 5.74) is 2.92. The largest absolute Gasteiger partial charge is 0.507 e. The van der Waals surface area contributed by atoms with Gasteiger partial charge in [-0.3, -0.25) is 0 Å². The Kier molecular flexibility index (Phi) is 6.91. The zero-order chi connectivity index (χ0) is 15.0. The lowest BCUT2D eigenvalue weighted by Crippen LogP contribution is -2.37. The average molecular weight is 277 g/mol. The van der Waals surface area contributed by atoms with Crippen LogP contribution in [0.15, 0.2) is 17.1 Å². The van der Waals surface area contributed by atoms with Crippen LogP contribution in [0.25, 0.3) is 0 Å². The standard InChI is InChI=1S/C16H27N3O/c1-5-7-8-18-16(17-6-2)19-11-14-9-12(3)15(20)13(4)10-14/h9-10,20H,5-8,11H2,1-4H3,(H2,17,18,19). The lowest BCUT2D eigenvalue weighted by molar-refractivity contribution is 0.466. The molecule has 0 aliphatic rings. The highest BCUT2D eigenvalue weighted by atomic mass is 16.3. The minimum absolute atomic E-state index is 0.380. The Morgan fingerprint density at radius 3 is 2.35 bits per heavy atom. The molecule has 0 aliphatic carbocycles. The molecule has 0 bridgehead atoms. The van der Waals surface area contributed by atoms with E-state index in [1.54, 1.807) is 0 Å². The summed E-state index contributed by atoms with van der Waals surface area (Å²) >= 11 is 0. The highest BCUT2D eigenvalue weighted by Crippen LogP contribution is 2.23. The molecular formula is C16H27N3O. The molecular weight excluding hydrogens is 250 g/mol. The number of rotatable bonds is 6. The number of nitrogens with one attached hydrogen (secondary N) is 2. The minimum atomic E-state index is 0.380. The van der Waals surface area contributed by atoms with Crippen LogP contribution in [0.1, 0.15) is 43.4 Å². The first-order valence-corrected chi connectivity index (χ1v) is 7.39. The molecule has 20 heavy (non-hydrogen) atoms. The van der Waals surface area contributed by atoms with Gasteiger partial charge in [0.25, 0.3) is 0 Å². The van der Waals surface area contributed by atoms with E-state index in [2.05, 4.69) is 29.5 Å². The quantitative estimate of drug-likeness (QED) is 0.426. The first-order chi connectivity index (χ1) is 9.58. The molecule has 4 heteroatoms. The molecule has 1 aromatic carbocycles. The molecule has 0 radical (unpaired) electrons. The van der Waals surface area contributed by atoms with E-state index in [0.717, 1.165) is 42.2 Å². The Bertz CT molecular complexity index is 432. The molecule has 0 fully saturated rings. The third-order valence-electron chi connectivity index (χ3n) is 3.14. The monoisotopic (exact) mass is 277 g/mol. The summed E-state index contributed by atoms with van der Waals surface area (Å²) in [6.45, 7) is 10.5. The number of hydrogen-bond acceptors (Lipinski definition) is 2. The van der Waals surface area contributed by atoms with Gasteiger partial charge >= 0.3 is 0 Å². The van der Waals surface area contributed by atoms with Crippen LogP contribution in [0.5, 0.6) is 5.75 Å². The predicted octanol–water partition coefficient (Wildman–Crippen LogP) is 2.86. The van der Waals surface area contributed by atoms with Crippen LogP contribution >= 0.6 is 0 Å². The fraction of sp³-hybridized carbons (Fsp3) is 0.562. The molecule has 0 amide bonds. The van der Waals surface area contributed by atoms with Crippen molar-refractivity contribution in [2.75, 3.05) is 13.1 Å². The lowest BCUT2D eigenvalue weighted by atomic mass is 10.1. The highest BCUT2D eigenvalue weighted by molar-refractivity contribution is 5.79. The molecule has 0 aromatic heterocycles. The summed E-state index contributed by atoms with van der Waals surface area (Å²) in [6.07, 6.45) is 2.31. The van der Waals surface area contributed by atoms with Gasteiger partial charge in [0.2, 0.25) is 0 Å². The predicted molar refractivity (Wildman–Crippen MR) is 85.3 cm³/mol. The Balaban J connectivity index is 2.70. The van der Waals surface area contributed by atoms with E-state index in [1.165, 1.54) is 6.42 Å². The van der Waals surface area contributed by atoms with Gasteiger partial charge in [0.15, 0.2) is 5.96 Å². The van der Waals surface area contributed by atoms with Crippen LogP contribution in [-0.4, -0.2) is 24.2 Å². The molecule has 0 saturated carbocycles. The van der Waals surface area contributed by atoms with E-state index in [9.17, 15) is 5.11 Å². The van der Waals surface area contributed by atoms with Crippen molar-refractivity contribution in [2.45, 2.75) is 47.1 Å². The van der Waals surface area contributed by atoms with Crippen molar-refractivity contribution in [2.24, 2.45) is 4.99 Å². The number of guanidine groups is 1. The van der Waals surface area contributed by atoms with E-state index in [-0.39, 0.29) is 0 Å². The highest BCUT2D eigenvalue weighted by Gasteiger charge is 2.03. The topological polar surface area (TPSA) is 56.7 Å². The second kappa shape index (κ2) is 8.46. The molecule has 4 nitrogen and oxygen atoms in total. The molecule has 112 valence electrons. The molecule has 0 spiro atoms. The second-order valence-corrected chi connectivity index (χ2v) is 5.05. The van der Waals surface area contributed by atoms with Crippen molar-refractivity contribution >= 4 is 5.96 Å². The van der Waals surface area contributed by atoms with E-state index in [0.29, 0.717) is 12.3 Å². The van der Waals surface area contributed by atoms with E-state index in [4.69, 9.17) is 0 Å². The van der Waals surface area contributed by atoms with Crippen molar-refractivity contribution in [3.63, 3.8) is 0 Å². The molecule has 3 N–H and O–H groups in total. The maximum Gasteiger partial charge on any atom is 0.191 e. The van der Waals surface area contributed by atoms with Crippen LogP contribution in [-0.2, 0) is 6.54 Å². The Labute approximate surface area is 122 Å². The number of hydrogen-bond donors (Lipinski definition) is 3. The average Bonchev–Trinajstić information content (AvgIpc) is 2.42. The zero-order valence-corrected chi connectivity index (χ0v) is 13.1. The van der Waals surface area contributed by atoms with Crippen LogP contribution in [0.4, 0.5) is 0 Å². The van der Waals surface area contributed by atoms with Gasteiger partial charge in [-0.1, -0.05) is 25.5 Å². The number of aliphatic imine (C=N–C) groups is 1. The van der Waals surface area contributed by atoms with Gasteiger partial charge in [0, 0.05) is 13.1 Å². The van der Waals surface area contributed by atoms with Crippen LogP contribution < -0.4 is 10.6 Å². The summed E-state index contributed by atoms with van der Waals surface area (Å²) in [4.78, 5) is 4.58. The van der Waals surface area contributed by atoms with Gasteiger partial charge in [-0.15, -0.1) is 0 Å². The van der Waals surface area contributed by atoms with Crippen molar-refractivity contribution < 1.29 is 5.11 Å². The number of nitrogens with zero attached hydrogens (tertiary/aromatic N) is 1. The molecule has 0 atom stereocenters. The molecule has 1 rings (SSSR count). The van der Waals surface area contributed by atoms with Gasteiger partial charge < -0.3 is 15.7 Å². The van der Waals surface area contributed by atoms with Gasteiger partial charge in [-0.2, -0.15) is 0 Å². The lowest BCUT2D eigenvalue weighted by Gasteiger charge is -2.11. The van der Waals surface area contributed by atoms with E-state index < -0.39 is 0 Å². The summed E-state index contributed by atoms with van der Waals surface area (Å²) in [7, 11) is 0. The fourth-order valence-corrected chi connectivity index (χ4v) is 2.03. The first-order valence-electron chi connectivity index (χ1n) is 7.39. The third-order valence-corrected chi connectivity index (χ3v) is 3.14. The SMILES string of the molecule is CCCCNC(=NCc1cc(C)c(O)c(C)c1)NCC. The van der Waals surface area contributed by atoms with Crippen molar-refractivity contribution in [1.82, 2.24) is 10.6 Å². The maximum absolute atomic E-state index is 9.78. The van der Waals surface area contributed by atoms with Gasteiger partial charge in [-0.25, -0.2) is 4.99 Å². The van der Waals surface area contributed by atoms with Gasteiger partial charge in [0.1, 0.15) is 5.75 Å². The Morgan fingerprint density at radius 2 is 1.80 bits per heavy atom. The van der Waals surface area contributed by atoms with Crippen LogP contribution in [0.2, 0.25) is 0 Å². The Morgan fingerprint density at radius 1 is 1.15 bits per heavy atom.